The average molecular weight is 1400 g/mol. The molecule has 0 aliphatic heterocycles. The van der Waals surface area contributed by atoms with Crippen molar-refractivity contribution in [2.45, 2.75) is 425 Å². The van der Waals surface area contributed by atoms with E-state index in [0.717, 1.165) is 77.0 Å². The van der Waals surface area contributed by atoms with Crippen molar-refractivity contribution in [3.63, 3.8) is 0 Å². The second-order valence-corrected chi connectivity index (χ2v) is 31.9. The molecule has 1 amide bonds. The molecule has 0 fully saturated rings. The van der Waals surface area contributed by atoms with Crippen molar-refractivity contribution in [3.05, 3.63) is 0 Å². The predicted octanol–water partition coefficient (Wildman–Crippen LogP) is 22.9. The third-order valence-corrected chi connectivity index (χ3v) is 19.2. The Hall–Kier alpha value is -2.78. The van der Waals surface area contributed by atoms with Crippen molar-refractivity contribution in [2.24, 2.45) is 0 Å². The molecule has 17 heteroatoms. The van der Waals surface area contributed by atoms with E-state index in [4.69, 9.17) is 32.7 Å². The van der Waals surface area contributed by atoms with Gasteiger partial charge in [-0.15, -0.1) is 0 Å². The summed E-state index contributed by atoms with van der Waals surface area (Å²) < 4.78 is 51.2. The smallest absolute Gasteiger partial charge is 0.462 e. The number of hydrogen-bond acceptors (Lipinski definition) is 13. The first-order valence-corrected chi connectivity index (χ1v) is 42.3. The molecule has 0 saturated heterocycles. The molecule has 0 aromatic rings. The molecule has 0 bridgehead atoms. The molecule has 0 radical (unpaired) electrons. The SMILES string of the molecule is CCCCCCCCCCCCCCCC(=O)OC[C@H](COP(=O)(O)OCC[N+](C)(C)C)OC(=O)CCCCCCCCCCCCCCCCCCCCCCCCCCCCCCC(=O)O[C@@H](CNC(=O)OC(C)(C)C)COC(=O)CCCCCCCCCCCCCCC. The van der Waals surface area contributed by atoms with Crippen molar-refractivity contribution in [1.29, 1.82) is 0 Å². The minimum Gasteiger partial charge on any atom is -0.462 e. The second kappa shape index (κ2) is 67.7. The van der Waals surface area contributed by atoms with E-state index in [2.05, 4.69) is 19.2 Å². The van der Waals surface area contributed by atoms with Crippen LogP contribution in [0.3, 0.4) is 0 Å². The predicted molar refractivity (Wildman–Crippen MR) is 400 cm³/mol. The Labute approximate surface area is 596 Å². The van der Waals surface area contributed by atoms with Crippen molar-refractivity contribution < 1.29 is 70.6 Å². The first-order valence-electron chi connectivity index (χ1n) is 40.8. The maximum Gasteiger partial charge on any atom is 0.472 e. The van der Waals surface area contributed by atoms with Crippen LogP contribution in [0, 0.1) is 0 Å². The normalized spacial score (nSPS) is 13.1. The summed E-state index contributed by atoms with van der Waals surface area (Å²) in [6.45, 7) is 9.69. The van der Waals surface area contributed by atoms with Gasteiger partial charge in [0.05, 0.1) is 34.3 Å². The zero-order valence-electron chi connectivity index (χ0n) is 64.6. The van der Waals surface area contributed by atoms with Gasteiger partial charge in [0, 0.05) is 25.7 Å². The lowest BCUT2D eigenvalue weighted by molar-refractivity contribution is -0.870. The second-order valence-electron chi connectivity index (χ2n) is 30.5. The Morgan fingerprint density at radius 2 is 0.608 bits per heavy atom. The molecule has 97 heavy (non-hydrogen) atoms. The molecule has 574 valence electrons. The van der Waals surface area contributed by atoms with Crippen molar-refractivity contribution in [3.8, 4) is 0 Å². The van der Waals surface area contributed by atoms with E-state index >= 15 is 0 Å². The van der Waals surface area contributed by atoms with Crippen LogP contribution in [0.4, 0.5) is 4.79 Å². The Kier molecular flexibility index (Phi) is 65.8. The molecule has 0 aromatic carbocycles. The summed E-state index contributed by atoms with van der Waals surface area (Å²) in [4.78, 5) is 73.5. The maximum absolute atomic E-state index is 12.9. The fourth-order valence-corrected chi connectivity index (χ4v) is 12.9. The number of alkyl carbamates (subject to hydrolysis) is 1. The Balaban J connectivity index is 4.00. The average Bonchev–Trinajstić information content (AvgIpc) is 1.32. The number of phosphoric acid groups is 1. The molecule has 0 rings (SSSR count). The number of unbranched alkanes of at least 4 members (excludes halogenated alkanes) is 51. The standard InChI is InChI=1S/C80H155N2O14P/c1-9-11-13-15-17-19-21-39-43-47-51-55-59-63-75(83)90-70-73(69-81-79(87)96-80(3,4)5)94-77(85)65-61-57-53-49-45-41-37-35-33-31-29-27-25-23-24-26-28-30-32-34-36-38-42-46-50-54-58-62-66-78(86)95-74(72-93-97(88,89)92-68-67-82(6,7)8)71-91-76(84)64-60-56-52-48-44-40-22-20-18-16-14-12-10-2/h73-74H,9-72H2,1-8H3,(H-,81,87,88,89)/p+1/t73-,74+/m0/s1. The van der Waals surface area contributed by atoms with Gasteiger partial charge in [0.15, 0.2) is 12.2 Å². The van der Waals surface area contributed by atoms with Crippen LogP contribution in [0.25, 0.3) is 0 Å². The molecule has 0 spiro atoms. The number of carbonyl (C=O) groups is 5. The van der Waals surface area contributed by atoms with Gasteiger partial charge in [0.1, 0.15) is 32.0 Å². The number of quaternary nitrogens is 1. The highest BCUT2D eigenvalue weighted by atomic mass is 31.2. The molecule has 1 unspecified atom stereocenters. The molecule has 16 nitrogen and oxygen atoms in total. The minimum atomic E-state index is -4.40. The van der Waals surface area contributed by atoms with Gasteiger partial charge in [-0.2, -0.15) is 0 Å². The highest BCUT2D eigenvalue weighted by Gasteiger charge is 2.27. The number of rotatable bonds is 74. The summed E-state index contributed by atoms with van der Waals surface area (Å²) in [6, 6.07) is 0. The van der Waals surface area contributed by atoms with Crippen molar-refractivity contribution >= 4 is 37.8 Å². The van der Waals surface area contributed by atoms with E-state index in [1.165, 1.54) is 263 Å². The van der Waals surface area contributed by atoms with Crippen LogP contribution in [0.1, 0.15) is 407 Å². The number of nitrogens with one attached hydrogen (secondary N) is 1. The molecule has 2 N–H and O–H groups in total. The van der Waals surface area contributed by atoms with Crippen LogP contribution in [0.15, 0.2) is 0 Å². The van der Waals surface area contributed by atoms with Gasteiger partial charge in [-0.3, -0.25) is 28.2 Å². The van der Waals surface area contributed by atoms with Crippen LogP contribution in [-0.2, 0) is 56.5 Å². The van der Waals surface area contributed by atoms with Crippen LogP contribution < -0.4 is 5.32 Å². The van der Waals surface area contributed by atoms with E-state index in [1.807, 2.05) is 21.1 Å². The maximum atomic E-state index is 12.9. The van der Waals surface area contributed by atoms with Crippen LogP contribution in [-0.4, -0.2) is 118 Å². The highest BCUT2D eigenvalue weighted by Crippen LogP contribution is 2.43. The Bertz CT molecular complexity index is 1860. The summed E-state index contributed by atoms with van der Waals surface area (Å²) >= 11 is 0. The number of nitrogens with zero attached hydrogens (tertiary/aromatic N) is 1. The highest BCUT2D eigenvalue weighted by molar-refractivity contribution is 7.47. The molecule has 0 saturated carbocycles. The number of amides is 1. The molecule has 0 heterocycles. The van der Waals surface area contributed by atoms with Crippen molar-refractivity contribution in [2.75, 3.05) is 60.7 Å². The number of esters is 4. The third kappa shape index (κ3) is 74.2. The van der Waals surface area contributed by atoms with Crippen molar-refractivity contribution in [1.82, 2.24) is 5.32 Å². The molecule has 0 aliphatic rings. The van der Waals surface area contributed by atoms with Gasteiger partial charge in [-0.1, -0.05) is 335 Å². The van der Waals surface area contributed by atoms with Crippen LogP contribution >= 0.6 is 7.82 Å². The number of carbonyl (C=O) groups excluding carboxylic acids is 5. The summed E-state index contributed by atoms with van der Waals surface area (Å²) in [5.41, 5.74) is -0.657. The number of phosphoric ester groups is 1. The zero-order valence-corrected chi connectivity index (χ0v) is 65.5. The van der Waals surface area contributed by atoms with E-state index in [1.54, 1.807) is 20.8 Å². The number of ether oxygens (including phenoxy) is 5. The van der Waals surface area contributed by atoms with Gasteiger partial charge in [-0.05, 0) is 46.5 Å². The summed E-state index contributed by atoms with van der Waals surface area (Å²) in [5, 5.41) is 2.67. The number of likely N-dealkylation sites (N-methyl/N-ethyl adjacent to an activating group) is 1. The van der Waals surface area contributed by atoms with E-state index in [0.29, 0.717) is 30.3 Å². The fraction of sp³-hybridized carbons (Fsp3) is 0.938. The summed E-state index contributed by atoms with van der Waals surface area (Å²) in [6.07, 6.45) is 65.1. The summed E-state index contributed by atoms with van der Waals surface area (Å²) in [5.74, 6) is -1.44. The van der Waals surface area contributed by atoms with Gasteiger partial charge in [0.2, 0.25) is 0 Å². The topological polar surface area (TPSA) is 199 Å². The quantitative estimate of drug-likeness (QED) is 0.0192. The zero-order chi connectivity index (χ0) is 71.5. The van der Waals surface area contributed by atoms with E-state index in [9.17, 15) is 33.4 Å². The molecule has 0 aromatic heterocycles. The Morgan fingerprint density at radius 3 is 0.876 bits per heavy atom. The lowest BCUT2D eigenvalue weighted by Crippen LogP contribution is -2.40. The summed E-state index contributed by atoms with van der Waals surface area (Å²) in [7, 11) is 1.46. The lowest BCUT2D eigenvalue weighted by atomic mass is 10.0. The monoisotopic (exact) mass is 1400 g/mol. The first kappa shape index (κ1) is 94.2. The molecular formula is C80H156N2O14P+. The molecular weight excluding hydrogens is 1240 g/mol. The molecule has 3 atom stereocenters. The van der Waals surface area contributed by atoms with E-state index in [-0.39, 0.29) is 57.1 Å². The van der Waals surface area contributed by atoms with Gasteiger partial charge >= 0.3 is 37.8 Å². The Morgan fingerprint density at radius 1 is 0.361 bits per heavy atom. The van der Waals surface area contributed by atoms with Crippen LogP contribution in [0.2, 0.25) is 0 Å². The van der Waals surface area contributed by atoms with Gasteiger partial charge in [-0.25, -0.2) is 9.36 Å². The molecule has 0 aliphatic carbocycles. The van der Waals surface area contributed by atoms with Gasteiger partial charge < -0.3 is 38.4 Å². The van der Waals surface area contributed by atoms with E-state index < -0.39 is 44.3 Å². The minimum absolute atomic E-state index is 0.0150. The lowest BCUT2D eigenvalue weighted by Gasteiger charge is -2.24. The van der Waals surface area contributed by atoms with Gasteiger partial charge in [0.25, 0.3) is 0 Å². The third-order valence-electron chi connectivity index (χ3n) is 18.3. The number of hydrogen-bond donors (Lipinski definition) is 2. The first-order chi connectivity index (χ1) is 46.7. The van der Waals surface area contributed by atoms with Crippen LogP contribution in [0.5, 0.6) is 0 Å². The fourth-order valence-electron chi connectivity index (χ4n) is 12.1. The largest absolute Gasteiger partial charge is 0.472 e.